The van der Waals surface area contributed by atoms with Crippen LogP contribution in [0.5, 0.6) is 5.75 Å². The first-order valence-corrected chi connectivity index (χ1v) is 10.5. The maximum Gasteiger partial charge on any atom is 0.236 e. The molecule has 2 fully saturated rings. The van der Waals surface area contributed by atoms with E-state index in [1.54, 1.807) is 19.2 Å². The highest BCUT2D eigenvalue weighted by Crippen LogP contribution is 2.23. The summed E-state index contributed by atoms with van der Waals surface area (Å²) in [5.41, 5.74) is 1.78. The zero-order chi connectivity index (χ0) is 20.9. The molecule has 0 N–H and O–H groups in total. The van der Waals surface area contributed by atoms with Crippen molar-refractivity contribution in [1.29, 1.82) is 0 Å². The Kier molecular flexibility index (Phi) is 6.38. The van der Waals surface area contributed by atoms with Crippen LogP contribution in [0.15, 0.2) is 48.5 Å². The summed E-state index contributed by atoms with van der Waals surface area (Å²) in [4.78, 5) is 21.3. The van der Waals surface area contributed by atoms with Crippen molar-refractivity contribution >= 4 is 17.3 Å². The molecule has 6 nitrogen and oxygen atoms in total. The average molecular weight is 413 g/mol. The van der Waals surface area contributed by atoms with Crippen LogP contribution in [0, 0.1) is 5.82 Å². The molecule has 0 aliphatic carbocycles. The van der Waals surface area contributed by atoms with E-state index in [0.29, 0.717) is 38.4 Å². The van der Waals surface area contributed by atoms with Crippen molar-refractivity contribution in [3.63, 3.8) is 0 Å². The Balaban J connectivity index is 1.24. The molecule has 2 aromatic carbocycles. The number of methoxy groups -OCH3 is 1. The Labute approximate surface area is 177 Å². The van der Waals surface area contributed by atoms with E-state index < -0.39 is 0 Å². The fraction of sp³-hybridized carbons (Fsp3) is 0.435. The van der Waals surface area contributed by atoms with Gasteiger partial charge in [-0.3, -0.25) is 9.69 Å². The minimum Gasteiger partial charge on any atom is -0.497 e. The van der Waals surface area contributed by atoms with Gasteiger partial charge in [0.15, 0.2) is 0 Å². The van der Waals surface area contributed by atoms with Crippen molar-refractivity contribution in [2.75, 3.05) is 75.8 Å². The van der Waals surface area contributed by atoms with E-state index in [1.807, 2.05) is 28.0 Å². The number of ether oxygens (including phenoxy) is 1. The third kappa shape index (κ3) is 4.67. The summed E-state index contributed by atoms with van der Waals surface area (Å²) in [5.74, 6) is 0.823. The molecule has 160 valence electrons. The number of rotatable bonds is 5. The molecule has 2 aliphatic rings. The van der Waals surface area contributed by atoms with Gasteiger partial charge in [-0.1, -0.05) is 18.2 Å². The SMILES string of the molecule is COc1cccc(N2CCN(CC(=O)N3CCN(c4ccccc4F)CC3)CC2)c1. The van der Waals surface area contributed by atoms with Gasteiger partial charge < -0.3 is 19.4 Å². The van der Waals surface area contributed by atoms with Gasteiger partial charge in [-0.2, -0.15) is 0 Å². The van der Waals surface area contributed by atoms with E-state index in [0.717, 1.165) is 37.6 Å². The number of nitrogens with zero attached hydrogens (tertiary/aromatic N) is 4. The van der Waals surface area contributed by atoms with Crippen LogP contribution in [-0.2, 0) is 4.79 Å². The number of anilines is 2. The highest BCUT2D eigenvalue weighted by molar-refractivity contribution is 5.78. The quantitative estimate of drug-likeness (QED) is 0.754. The van der Waals surface area contributed by atoms with Crippen LogP contribution in [0.4, 0.5) is 15.8 Å². The van der Waals surface area contributed by atoms with Gasteiger partial charge in [0, 0.05) is 64.1 Å². The molecule has 2 aliphatic heterocycles. The van der Waals surface area contributed by atoms with E-state index in [2.05, 4.69) is 21.9 Å². The molecule has 0 saturated carbocycles. The van der Waals surface area contributed by atoms with Gasteiger partial charge >= 0.3 is 0 Å². The van der Waals surface area contributed by atoms with Gasteiger partial charge in [0.2, 0.25) is 5.91 Å². The molecule has 1 amide bonds. The summed E-state index contributed by atoms with van der Waals surface area (Å²) in [5, 5.41) is 0. The van der Waals surface area contributed by atoms with Crippen LogP contribution in [-0.4, -0.2) is 81.7 Å². The average Bonchev–Trinajstić information content (AvgIpc) is 2.80. The van der Waals surface area contributed by atoms with Crippen molar-refractivity contribution in [3.8, 4) is 5.75 Å². The smallest absolute Gasteiger partial charge is 0.236 e. The highest BCUT2D eigenvalue weighted by Gasteiger charge is 2.25. The van der Waals surface area contributed by atoms with Crippen molar-refractivity contribution < 1.29 is 13.9 Å². The van der Waals surface area contributed by atoms with Crippen LogP contribution >= 0.6 is 0 Å². The number of halogens is 1. The Bertz CT molecular complexity index is 862. The second-order valence-electron chi connectivity index (χ2n) is 7.78. The summed E-state index contributed by atoms with van der Waals surface area (Å²) >= 11 is 0. The molecule has 4 rings (SSSR count). The second kappa shape index (κ2) is 9.34. The Hall–Kier alpha value is -2.80. The Morgan fingerprint density at radius 3 is 2.30 bits per heavy atom. The van der Waals surface area contributed by atoms with Crippen molar-refractivity contribution in [3.05, 3.63) is 54.3 Å². The van der Waals surface area contributed by atoms with E-state index in [1.165, 1.54) is 6.07 Å². The van der Waals surface area contributed by atoms with Gasteiger partial charge in [-0.05, 0) is 24.3 Å². The van der Waals surface area contributed by atoms with Crippen molar-refractivity contribution in [2.45, 2.75) is 0 Å². The minimum absolute atomic E-state index is 0.165. The summed E-state index contributed by atoms with van der Waals surface area (Å²) < 4.78 is 19.3. The first-order chi connectivity index (χ1) is 14.6. The van der Waals surface area contributed by atoms with Crippen LogP contribution in [0.2, 0.25) is 0 Å². The van der Waals surface area contributed by atoms with E-state index in [4.69, 9.17) is 4.74 Å². The van der Waals surface area contributed by atoms with E-state index in [9.17, 15) is 9.18 Å². The standard InChI is InChI=1S/C23H29FN4O2/c1-30-20-6-4-5-19(17-20)26-11-9-25(10-12-26)18-23(29)28-15-13-27(14-16-28)22-8-3-2-7-21(22)24/h2-8,17H,9-16,18H2,1H3. The molecule has 7 heteroatoms. The predicted octanol–water partition coefficient (Wildman–Crippen LogP) is 2.31. The fourth-order valence-electron chi connectivity index (χ4n) is 4.17. The Morgan fingerprint density at radius 1 is 0.900 bits per heavy atom. The molecule has 0 atom stereocenters. The molecular weight excluding hydrogens is 383 g/mol. The number of para-hydroxylation sites is 1. The summed E-state index contributed by atoms with van der Waals surface area (Å²) in [6.07, 6.45) is 0. The molecule has 2 saturated heterocycles. The predicted molar refractivity (Wildman–Crippen MR) is 117 cm³/mol. The number of carbonyl (C=O) groups is 1. The number of carbonyl (C=O) groups excluding carboxylic acids is 1. The summed E-state index contributed by atoms with van der Waals surface area (Å²) in [6.45, 7) is 6.55. The fourth-order valence-corrected chi connectivity index (χ4v) is 4.17. The maximum atomic E-state index is 14.0. The molecule has 0 bridgehead atoms. The highest BCUT2D eigenvalue weighted by atomic mass is 19.1. The molecule has 2 aromatic rings. The first kappa shape index (κ1) is 20.5. The van der Waals surface area contributed by atoms with Gasteiger partial charge in [0.1, 0.15) is 11.6 Å². The summed E-state index contributed by atoms with van der Waals surface area (Å²) in [6, 6.07) is 14.9. The van der Waals surface area contributed by atoms with Gasteiger partial charge in [-0.25, -0.2) is 4.39 Å². The Morgan fingerprint density at radius 2 is 1.60 bits per heavy atom. The lowest BCUT2D eigenvalue weighted by Crippen LogP contribution is -2.54. The van der Waals surface area contributed by atoms with Crippen LogP contribution in [0.1, 0.15) is 0 Å². The number of hydrogen-bond donors (Lipinski definition) is 0. The zero-order valence-corrected chi connectivity index (χ0v) is 17.5. The van der Waals surface area contributed by atoms with Crippen molar-refractivity contribution in [2.24, 2.45) is 0 Å². The topological polar surface area (TPSA) is 39.3 Å². The largest absolute Gasteiger partial charge is 0.497 e. The van der Waals surface area contributed by atoms with Crippen LogP contribution < -0.4 is 14.5 Å². The van der Waals surface area contributed by atoms with E-state index >= 15 is 0 Å². The van der Waals surface area contributed by atoms with E-state index in [-0.39, 0.29) is 11.7 Å². The lowest BCUT2D eigenvalue weighted by atomic mass is 10.2. The molecule has 0 unspecified atom stereocenters. The first-order valence-electron chi connectivity index (χ1n) is 10.5. The molecule has 2 heterocycles. The lowest BCUT2D eigenvalue weighted by Gasteiger charge is -2.39. The molecular formula is C23H29FN4O2. The van der Waals surface area contributed by atoms with Crippen LogP contribution in [0.3, 0.4) is 0 Å². The minimum atomic E-state index is -0.203. The number of benzene rings is 2. The number of hydrogen-bond acceptors (Lipinski definition) is 5. The second-order valence-corrected chi connectivity index (χ2v) is 7.78. The molecule has 0 aromatic heterocycles. The normalized spacial score (nSPS) is 17.9. The zero-order valence-electron chi connectivity index (χ0n) is 17.5. The third-order valence-electron chi connectivity index (χ3n) is 5.98. The summed E-state index contributed by atoms with van der Waals surface area (Å²) in [7, 11) is 1.68. The number of piperazine rings is 2. The van der Waals surface area contributed by atoms with Gasteiger partial charge in [0.25, 0.3) is 0 Å². The maximum absolute atomic E-state index is 14.0. The van der Waals surface area contributed by atoms with Gasteiger partial charge in [0.05, 0.1) is 19.3 Å². The molecule has 0 spiro atoms. The third-order valence-corrected chi connectivity index (χ3v) is 5.98. The molecule has 30 heavy (non-hydrogen) atoms. The monoisotopic (exact) mass is 412 g/mol. The molecule has 0 radical (unpaired) electrons. The van der Waals surface area contributed by atoms with Crippen molar-refractivity contribution in [1.82, 2.24) is 9.80 Å². The number of amides is 1. The van der Waals surface area contributed by atoms with Gasteiger partial charge in [-0.15, -0.1) is 0 Å². The lowest BCUT2D eigenvalue weighted by molar-refractivity contribution is -0.132. The van der Waals surface area contributed by atoms with Crippen LogP contribution in [0.25, 0.3) is 0 Å².